The van der Waals surface area contributed by atoms with E-state index in [1.54, 1.807) is 19.1 Å². The number of aromatic nitrogens is 2. The summed E-state index contributed by atoms with van der Waals surface area (Å²) in [5.74, 6) is 0.609. The zero-order valence-electron chi connectivity index (χ0n) is 13.0. The van der Waals surface area contributed by atoms with E-state index in [0.29, 0.717) is 29.3 Å². The van der Waals surface area contributed by atoms with Crippen molar-refractivity contribution in [2.75, 3.05) is 0 Å². The Morgan fingerprint density at radius 2 is 2.05 bits per heavy atom. The molecule has 1 heterocycles. The minimum Gasteiger partial charge on any atom is -0.339 e. The maximum absolute atomic E-state index is 13.6. The number of nitrogens with two attached hydrogens (primary N) is 1. The number of nitrogens with zero attached hydrogens (tertiary/aromatic N) is 2. The third kappa shape index (κ3) is 4.36. The fourth-order valence-electron chi connectivity index (χ4n) is 2.27. The van der Waals surface area contributed by atoms with Crippen LogP contribution in [0.25, 0.3) is 11.4 Å². The zero-order valence-corrected chi connectivity index (χ0v) is 13.0. The summed E-state index contributed by atoms with van der Waals surface area (Å²) in [7, 11) is 0. The second kappa shape index (κ2) is 5.93. The topological polar surface area (TPSA) is 64.9 Å². The Labute approximate surface area is 124 Å². The molecule has 0 saturated carbocycles. The molecule has 0 aliphatic heterocycles. The minimum atomic E-state index is -0.275. The fourth-order valence-corrected chi connectivity index (χ4v) is 2.27. The molecule has 1 atom stereocenters. The van der Waals surface area contributed by atoms with Crippen molar-refractivity contribution in [1.82, 2.24) is 10.1 Å². The first-order valence-corrected chi connectivity index (χ1v) is 7.09. The Morgan fingerprint density at radius 1 is 1.33 bits per heavy atom. The van der Waals surface area contributed by atoms with E-state index < -0.39 is 0 Å². The lowest BCUT2D eigenvalue weighted by atomic mass is 9.87. The maximum Gasteiger partial charge on any atom is 0.228 e. The molecular formula is C16H22FN3O. The van der Waals surface area contributed by atoms with Crippen LogP contribution in [-0.2, 0) is 6.42 Å². The summed E-state index contributed by atoms with van der Waals surface area (Å²) >= 11 is 0. The predicted molar refractivity (Wildman–Crippen MR) is 80.2 cm³/mol. The highest BCUT2D eigenvalue weighted by Gasteiger charge is 2.19. The highest BCUT2D eigenvalue weighted by molar-refractivity contribution is 5.54. The van der Waals surface area contributed by atoms with E-state index in [-0.39, 0.29) is 17.3 Å². The molecule has 0 aliphatic carbocycles. The summed E-state index contributed by atoms with van der Waals surface area (Å²) in [6.45, 7) is 8.13. The van der Waals surface area contributed by atoms with Gasteiger partial charge in [0.1, 0.15) is 5.82 Å². The van der Waals surface area contributed by atoms with Gasteiger partial charge in [0.15, 0.2) is 0 Å². The van der Waals surface area contributed by atoms with Crippen molar-refractivity contribution in [3.05, 3.63) is 35.5 Å². The van der Waals surface area contributed by atoms with Crippen LogP contribution in [0.2, 0.25) is 0 Å². The number of aryl methyl sites for hydroxylation is 1. The lowest BCUT2D eigenvalue weighted by molar-refractivity contribution is 0.313. The Balaban J connectivity index is 2.09. The number of rotatable bonds is 4. The van der Waals surface area contributed by atoms with E-state index in [1.165, 1.54) is 6.07 Å². The van der Waals surface area contributed by atoms with Crippen molar-refractivity contribution >= 4 is 0 Å². The van der Waals surface area contributed by atoms with E-state index in [9.17, 15) is 4.39 Å². The first-order chi connectivity index (χ1) is 9.74. The molecule has 5 heteroatoms. The molecule has 2 N–H and O–H groups in total. The molecular weight excluding hydrogens is 269 g/mol. The third-order valence-electron chi connectivity index (χ3n) is 3.21. The van der Waals surface area contributed by atoms with Crippen LogP contribution < -0.4 is 5.73 Å². The molecule has 0 aliphatic rings. The summed E-state index contributed by atoms with van der Waals surface area (Å²) in [6, 6.07) is 4.86. The van der Waals surface area contributed by atoms with Gasteiger partial charge in [-0.15, -0.1) is 0 Å². The molecule has 114 valence electrons. The largest absolute Gasteiger partial charge is 0.339 e. The van der Waals surface area contributed by atoms with Crippen LogP contribution in [0.1, 0.15) is 38.6 Å². The van der Waals surface area contributed by atoms with Crippen LogP contribution in [0.5, 0.6) is 0 Å². The van der Waals surface area contributed by atoms with Crippen molar-refractivity contribution < 1.29 is 8.91 Å². The van der Waals surface area contributed by atoms with E-state index in [2.05, 4.69) is 30.9 Å². The summed E-state index contributed by atoms with van der Waals surface area (Å²) in [4.78, 5) is 4.30. The number of hydrogen-bond donors (Lipinski definition) is 1. The SMILES string of the molecule is Cc1ccc(-c2noc(CC(N)CC(C)(C)C)n2)cc1F. The maximum atomic E-state index is 13.6. The van der Waals surface area contributed by atoms with Crippen LogP contribution in [0, 0.1) is 18.2 Å². The normalized spacial score (nSPS) is 13.4. The average molecular weight is 291 g/mol. The molecule has 1 aromatic carbocycles. The molecule has 0 fully saturated rings. The quantitative estimate of drug-likeness (QED) is 0.936. The van der Waals surface area contributed by atoms with E-state index in [4.69, 9.17) is 10.3 Å². The third-order valence-corrected chi connectivity index (χ3v) is 3.21. The second-order valence-corrected chi connectivity index (χ2v) is 6.70. The van der Waals surface area contributed by atoms with E-state index in [1.807, 2.05) is 0 Å². The highest BCUT2D eigenvalue weighted by Crippen LogP contribution is 2.22. The molecule has 2 aromatic rings. The molecule has 2 rings (SSSR count). The molecule has 1 aromatic heterocycles. The minimum absolute atomic E-state index is 0.0342. The van der Waals surface area contributed by atoms with Crippen molar-refractivity contribution in [3.63, 3.8) is 0 Å². The lowest BCUT2D eigenvalue weighted by Gasteiger charge is -2.21. The first-order valence-electron chi connectivity index (χ1n) is 7.09. The molecule has 0 saturated heterocycles. The predicted octanol–water partition coefficient (Wildman–Crippen LogP) is 3.49. The molecule has 21 heavy (non-hydrogen) atoms. The molecule has 0 amide bonds. The van der Waals surface area contributed by atoms with Crippen LogP contribution in [0.3, 0.4) is 0 Å². The van der Waals surface area contributed by atoms with Gasteiger partial charge in [-0.1, -0.05) is 38.1 Å². The van der Waals surface area contributed by atoms with Gasteiger partial charge in [-0.05, 0) is 30.4 Å². The Bertz CT molecular complexity index is 616. The van der Waals surface area contributed by atoms with Gasteiger partial charge >= 0.3 is 0 Å². The van der Waals surface area contributed by atoms with Gasteiger partial charge in [0, 0.05) is 18.0 Å². The number of hydrogen-bond acceptors (Lipinski definition) is 4. The van der Waals surface area contributed by atoms with Gasteiger partial charge in [-0.3, -0.25) is 0 Å². The second-order valence-electron chi connectivity index (χ2n) is 6.70. The van der Waals surface area contributed by atoms with Gasteiger partial charge in [-0.25, -0.2) is 4.39 Å². The summed E-state index contributed by atoms with van der Waals surface area (Å²) in [6.07, 6.45) is 1.39. The van der Waals surface area contributed by atoms with Crippen LogP contribution in [0.4, 0.5) is 4.39 Å². The molecule has 0 radical (unpaired) electrons. The van der Waals surface area contributed by atoms with Crippen molar-refractivity contribution in [1.29, 1.82) is 0 Å². The highest BCUT2D eigenvalue weighted by atomic mass is 19.1. The van der Waals surface area contributed by atoms with Crippen LogP contribution >= 0.6 is 0 Å². The Hall–Kier alpha value is -1.75. The molecule has 4 nitrogen and oxygen atoms in total. The molecule has 0 bridgehead atoms. The Kier molecular flexibility index (Phi) is 4.42. The first kappa shape index (κ1) is 15.6. The monoisotopic (exact) mass is 291 g/mol. The zero-order chi connectivity index (χ0) is 15.6. The molecule has 1 unspecified atom stereocenters. The van der Waals surface area contributed by atoms with E-state index >= 15 is 0 Å². The van der Waals surface area contributed by atoms with Crippen molar-refractivity contribution in [2.45, 2.75) is 46.6 Å². The van der Waals surface area contributed by atoms with Crippen molar-refractivity contribution in [2.24, 2.45) is 11.1 Å². The van der Waals surface area contributed by atoms with Gasteiger partial charge in [0.2, 0.25) is 11.7 Å². The summed E-state index contributed by atoms with van der Waals surface area (Å²) < 4.78 is 18.8. The lowest BCUT2D eigenvalue weighted by Crippen LogP contribution is -2.28. The smallest absolute Gasteiger partial charge is 0.228 e. The van der Waals surface area contributed by atoms with Crippen LogP contribution in [-0.4, -0.2) is 16.2 Å². The fraction of sp³-hybridized carbons (Fsp3) is 0.500. The summed E-state index contributed by atoms with van der Waals surface area (Å²) in [5.41, 5.74) is 7.45. The number of halogens is 1. The molecule has 0 spiro atoms. The number of benzene rings is 1. The van der Waals surface area contributed by atoms with E-state index in [0.717, 1.165) is 6.42 Å². The van der Waals surface area contributed by atoms with Gasteiger partial charge in [-0.2, -0.15) is 4.98 Å². The van der Waals surface area contributed by atoms with Crippen molar-refractivity contribution in [3.8, 4) is 11.4 Å². The summed E-state index contributed by atoms with van der Waals surface area (Å²) in [5, 5.41) is 3.90. The van der Waals surface area contributed by atoms with Gasteiger partial charge in [0.05, 0.1) is 0 Å². The van der Waals surface area contributed by atoms with Gasteiger partial charge < -0.3 is 10.3 Å². The standard InChI is InChI=1S/C16H22FN3O/c1-10-5-6-11(7-13(10)17)15-19-14(21-20-15)8-12(18)9-16(2,3)4/h5-7,12H,8-9,18H2,1-4H3. The Morgan fingerprint density at radius 3 is 2.67 bits per heavy atom. The van der Waals surface area contributed by atoms with Crippen LogP contribution in [0.15, 0.2) is 22.7 Å². The van der Waals surface area contributed by atoms with Gasteiger partial charge in [0.25, 0.3) is 0 Å². The average Bonchev–Trinajstić information content (AvgIpc) is 2.78.